The molecule has 10 heteroatoms. The minimum atomic E-state index is -4.60. The van der Waals surface area contributed by atoms with Crippen molar-refractivity contribution in [3.05, 3.63) is 52.7 Å². The predicted molar refractivity (Wildman–Crippen MR) is 107 cm³/mol. The number of carbonyl (C=O) groups is 1. The van der Waals surface area contributed by atoms with Crippen LogP contribution in [0.5, 0.6) is 17.4 Å². The van der Waals surface area contributed by atoms with Crippen LogP contribution in [-0.2, 0) is 15.7 Å². The molecule has 0 saturated heterocycles. The van der Waals surface area contributed by atoms with Gasteiger partial charge in [-0.05, 0) is 37.6 Å². The van der Waals surface area contributed by atoms with E-state index in [2.05, 4.69) is 4.98 Å². The van der Waals surface area contributed by atoms with E-state index in [9.17, 15) is 18.0 Å². The summed E-state index contributed by atoms with van der Waals surface area (Å²) in [6, 6.07) is 7.40. The van der Waals surface area contributed by atoms with E-state index >= 15 is 0 Å². The van der Waals surface area contributed by atoms with E-state index in [0.717, 1.165) is 0 Å². The van der Waals surface area contributed by atoms with Crippen molar-refractivity contribution in [2.75, 3.05) is 13.2 Å². The van der Waals surface area contributed by atoms with E-state index in [1.165, 1.54) is 18.2 Å². The average Bonchev–Trinajstić information content (AvgIpc) is 2.71. The largest absolute Gasteiger partial charge is 0.493 e. The summed E-state index contributed by atoms with van der Waals surface area (Å²) in [6.45, 7) is 2.15. The molecule has 0 spiro atoms. The lowest BCUT2D eigenvalue weighted by Crippen LogP contribution is -2.06. The number of halogens is 4. The summed E-state index contributed by atoms with van der Waals surface area (Å²) in [5, 5.41) is 8.25. The molecule has 0 fully saturated rings. The highest BCUT2D eigenvalue weighted by Gasteiger charge is 2.31. The molecule has 0 aliphatic rings. The Labute approximate surface area is 181 Å². The van der Waals surface area contributed by atoms with Gasteiger partial charge in [-0.25, -0.2) is 9.78 Å². The van der Waals surface area contributed by atoms with Crippen LogP contribution in [0.15, 0.2) is 36.5 Å². The van der Waals surface area contributed by atoms with Gasteiger partial charge in [0.2, 0.25) is 5.88 Å². The minimum absolute atomic E-state index is 0.146. The molecule has 31 heavy (non-hydrogen) atoms. The third-order valence-corrected chi connectivity index (χ3v) is 3.98. The van der Waals surface area contributed by atoms with E-state index in [1.807, 2.05) is 6.07 Å². The Bertz CT molecular complexity index is 988. The smallest absolute Gasteiger partial charge is 0.417 e. The van der Waals surface area contributed by atoms with E-state index in [0.29, 0.717) is 36.4 Å². The van der Waals surface area contributed by atoms with Crippen molar-refractivity contribution < 1.29 is 32.2 Å². The van der Waals surface area contributed by atoms with Crippen LogP contribution in [-0.4, -0.2) is 24.2 Å². The number of aromatic nitrogens is 1. The van der Waals surface area contributed by atoms with Crippen molar-refractivity contribution in [1.29, 1.82) is 5.26 Å². The quantitative estimate of drug-likeness (QED) is 0.270. The number of esters is 1. The SMILES string of the molecule is CCOC(=O)C=Cc1ccc(OCCCC#N)cc1Oc1ncc(C(F)(F)F)cc1Cl. The maximum absolute atomic E-state index is 12.8. The monoisotopic (exact) mass is 454 g/mol. The van der Waals surface area contributed by atoms with Crippen molar-refractivity contribution in [3.63, 3.8) is 0 Å². The highest BCUT2D eigenvalue weighted by atomic mass is 35.5. The highest BCUT2D eigenvalue weighted by Crippen LogP contribution is 2.36. The van der Waals surface area contributed by atoms with Crippen LogP contribution in [0.4, 0.5) is 13.2 Å². The number of ether oxygens (including phenoxy) is 3. The average molecular weight is 455 g/mol. The molecule has 2 aromatic rings. The van der Waals surface area contributed by atoms with Gasteiger partial charge in [0.25, 0.3) is 0 Å². The first kappa shape index (κ1) is 24.0. The molecule has 0 aliphatic heterocycles. The molecule has 0 saturated carbocycles. The second-order valence-electron chi connectivity index (χ2n) is 6.01. The number of carbonyl (C=O) groups excluding carboxylic acids is 1. The number of rotatable bonds is 9. The lowest BCUT2D eigenvalue weighted by atomic mass is 10.1. The molecule has 164 valence electrons. The van der Waals surface area contributed by atoms with Gasteiger partial charge in [0.1, 0.15) is 16.5 Å². The van der Waals surface area contributed by atoms with Gasteiger partial charge in [-0.15, -0.1) is 0 Å². The van der Waals surface area contributed by atoms with E-state index in [1.54, 1.807) is 19.1 Å². The molecule has 0 unspecified atom stereocenters. The van der Waals surface area contributed by atoms with E-state index in [-0.39, 0.29) is 29.9 Å². The fourth-order valence-electron chi connectivity index (χ4n) is 2.28. The van der Waals surface area contributed by atoms with Crippen LogP contribution in [0, 0.1) is 11.3 Å². The molecule has 2 rings (SSSR count). The zero-order valence-corrected chi connectivity index (χ0v) is 17.2. The molecule has 1 heterocycles. The Morgan fingerprint density at radius 3 is 2.74 bits per heavy atom. The fourth-order valence-corrected chi connectivity index (χ4v) is 2.48. The number of pyridine rings is 1. The van der Waals surface area contributed by atoms with Crippen LogP contribution in [0.3, 0.4) is 0 Å². The highest BCUT2D eigenvalue weighted by molar-refractivity contribution is 6.31. The Morgan fingerprint density at radius 2 is 2.10 bits per heavy atom. The van der Waals surface area contributed by atoms with Gasteiger partial charge in [-0.1, -0.05) is 11.6 Å². The number of nitrogens with zero attached hydrogens (tertiary/aromatic N) is 2. The Kier molecular flexibility index (Phi) is 8.70. The van der Waals surface area contributed by atoms with Crippen molar-refractivity contribution in [1.82, 2.24) is 4.98 Å². The normalized spacial score (nSPS) is 11.2. The Hall–Kier alpha value is -3.25. The van der Waals surface area contributed by atoms with Crippen LogP contribution in [0.2, 0.25) is 5.02 Å². The third-order valence-electron chi connectivity index (χ3n) is 3.71. The van der Waals surface area contributed by atoms with Crippen molar-refractivity contribution in [2.45, 2.75) is 25.9 Å². The maximum Gasteiger partial charge on any atom is 0.417 e. The zero-order valence-electron chi connectivity index (χ0n) is 16.4. The first-order valence-electron chi connectivity index (χ1n) is 9.13. The Morgan fingerprint density at radius 1 is 1.32 bits per heavy atom. The van der Waals surface area contributed by atoms with Gasteiger partial charge in [-0.2, -0.15) is 18.4 Å². The molecular weight excluding hydrogens is 437 g/mol. The van der Waals surface area contributed by atoms with E-state index in [4.69, 9.17) is 31.1 Å². The maximum atomic E-state index is 12.8. The predicted octanol–water partition coefficient (Wildman–Crippen LogP) is 5.80. The number of hydrogen-bond acceptors (Lipinski definition) is 6. The standard InChI is InChI=1S/C21H18ClF3N2O4/c1-2-29-19(28)8-6-14-5-7-16(30-10-4-3-9-26)12-18(14)31-20-17(22)11-15(13-27-20)21(23,24)25/h5-8,11-13H,2-4,10H2,1H3. The topological polar surface area (TPSA) is 81.4 Å². The summed E-state index contributed by atoms with van der Waals surface area (Å²) in [7, 11) is 0. The molecule has 0 radical (unpaired) electrons. The van der Waals surface area contributed by atoms with Gasteiger partial charge in [0.05, 0.1) is 24.8 Å². The van der Waals surface area contributed by atoms with E-state index < -0.39 is 17.7 Å². The van der Waals surface area contributed by atoms with Crippen molar-refractivity contribution in [2.24, 2.45) is 0 Å². The minimum Gasteiger partial charge on any atom is -0.493 e. The molecule has 0 bridgehead atoms. The second-order valence-corrected chi connectivity index (χ2v) is 6.41. The summed E-state index contributed by atoms with van der Waals surface area (Å²) in [4.78, 5) is 15.3. The van der Waals surface area contributed by atoms with Gasteiger partial charge in [-0.3, -0.25) is 0 Å². The van der Waals surface area contributed by atoms with Crippen LogP contribution in [0.25, 0.3) is 6.08 Å². The number of hydrogen-bond donors (Lipinski definition) is 0. The first-order chi connectivity index (χ1) is 14.7. The zero-order chi connectivity index (χ0) is 22.9. The van der Waals surface area contributed by atoms with Gasteiger partial charge in [0.15, 0.2) is 0 Å². The summed E-state index contributed by atoms with van der Waals surface area (Å²) in [5.41, 5.74) is -0.600. The van der Waals surface area contributed by atoms with Gasteiger partial charge >= 0.3 is 12.1 Å². The summed E-state index contributed by atoms with van der Waals surface area (Å²) in [6.07, 6.45) is -0.540. The second kappa shape index (κ2) is 11.2. The van der Waals surface area contributed by atoms with Crippen LogP contribution < -0.4 is 9.47 Å². The van der Waals surface area contributed by atoms with Gasteiger partial charge in [0, 0.05) is 30.3 Å². The molecule has 0 atom stereocenters. The van der Waals surface area contributed by atoms with Crippen molar-refractivity contribution >= 4 is 23.6 Å². The van der Waals surface area contributed by atoms with Crippen molar-refractivity contribution in [3.8, 4) is 23.4 Å². The molecular formula is C21H18ClF3N2O4. The van der Waals surface area contributed by atoms with Gasteiger partial charge < -0.3 is 14.2 Å². The molecule has 0 N–H and O–H groups in total. The lowest BCUT2D eigenvalue weighted by Gasteiger charge is -2.13. The van der Waals surface area contributed by atoms with Crippen LogP contribution >= 0.6 is 11.6 Å². The van der Waals surface area contributed by atoms with Crippen LogP contribution in [0.1, 0.15) is 30.9 Å². The molecule has 0 aliphatic carbocycles. The lowest BCUT2D eigenvalue weighted by molar-refractivity contribution is -0.138. The summed E-state index contributed by atoms with van der Waals surface area (Å²) >= 11 is 5.92. The molecule has 6 nitrogen and oxygen atoms in total. The summed E-state index contributed by atoms with van der Waals surface area (Å²) in [5.74, 6) is -0.283. The summed E-state index contributed by atoms with van der Waals surface area (Å²) < 4.78 is 54.5. The number of alkyl halides is 3. The number of unbranched alkanes of at least 4 members (excludes halogenated alkanes) is 1. The Balaban J connectivity index is 2.32. The molecule has 1 aromatic carbocycles. The number of nitriles is 1. The molecule has 0 amide bonds. The molecule has 1 aromatic heterocycles. The first-order valence-corrected chi connectivity index (χ1v) is 9.51. The third kappa shape index (κ3) is 7.50. The number of benzene rings is 1. The fraction of sp³-hybridized carbons (Fsp3) is 0.286.